The van der Waals surface area contributed by atoms with Crippen LogP contribution >= 0.6 is 0 Å². The number of halogens is 2. The molecule has 0 saturated carbocycles. The highest BCUT2D eigenvalue weighted by atomic mass is 19.2. The smallest absolute Gasteiger partial charge is 0.305 e. The summed E-state index contributed by atoms with van der Waals surface area (Å²) in [6.07, 6.45) is 8.94. The summed E-state index contributed by atoms with van der Waals surface area (Å²) in [6, 6.07) is 8.35. The minimum absolute atomic E-state index is 0.0560. The largest absolute Gasteiger partial charge is 0.494 e. The number of aryl methyl sites for hydroxylation is 1. The fraction of sp³-hybridized carbons (Fsp3) is 0.355. The zero-order valence-corrected chi connectivity index (χ0v) is 24.6. The predicted molar refractivity (Wildman–Crippen MR) is 158 cm³/mol. The first-order valence-corrected chi connectivity index (χ1v) is 13.9. The molecule has 0 fully saturated rings. The lowest BCUT2D eigenvalue weighted by Crippen LogP contribution is -2.25. The maximum absolute atomic E-state index is 14.7. The second-order valence-corrected chi connectivity index (χ2v) is 9.30. The van der Waals surface area contributed by atoms with Gasteiger partial charge in [0.25, 0.3) is 5.91 Å². The molecule has 0 spiro atoms. The Morgan fingerprint density at radius 3 is 2.43 bits per heavy atom. The Morgan fingerprint density at radius 2 is 1.79 bits per heavy atom. The Kier molecular flexibility index (Phi) is 11.8. The molecule has 1 amide bonds. The van der Waals surface area contributed by atoms with Gasteiger partial charge in [-0.25, -0.2) is 14.4 Å². The van der Waals surface area contributed by atoms with Gasteiger partial charge in [0.15, 0.2) is 23.0 Å². The Labute approximate surface area is 244 Å². The van der Waals surface area contributed by atoms with E-state index in [0.717, 1.165) is 30.5 Å². The van der Waals surface area contributed by atoms with Gasteiger partial charge in [-0.15, -0.1) is 0 Å². The molecule has 0 aliphatic carbocycles. The van der Waals surface area contributed by atoms with Crippen molar-refractivity contribution in [3.8, 4) is 17.0 Å². The van der Waals surface area contributed by atoms with E-state index in [-0.39, 0.29) is 23.2 Å². The summed E-state index contributed by atoms with van der Waals surface area (Å²) < 4.78 is 39.8. The lowest BCUT2D eigenvalue weighted by molar-refractivity contribution is -0.140. The molecule has 224 valence electrons. The number of fused-ring (bicyclic) bond motifs is 1. The van der Waals surface area contributed by atoms with E-state index in [4.69, 9.17) is 4.74 Å². The van der Waals surface area contributed by atoms with Crippen molar-refractivity contribution in [2.24, 2.45) is 0 Å². The zero-order valence-electron chi connectivity index (χ0n) is 24.6. The van der Waals surface area contributed by atoms with Crippen molar-refractivity contribution < 1.29 is 27.8 Å². The SMILES string of the molecule is CCC(=O)OC.CCCCCNC(=O)c1ccc(Nc2nccn3c(-c4ccc(OC)c(F)c4F)cnc23)cc1CC. The first-order chi connectivity index (χ1) is 20.3. The van der Waals surface area contributed by atoms with Crippen LogP contribution in [0.25, 0.3) is 16.9 Å². The molecule has 0 unspecified atom stereocenters. The first kappa shape index (κ1) is 32.0. The van der Waals surface area contributed by atoms with Crippen LogP contribution in [0.3, 0.4) is 0 Å². The van der Waals surface area contributed by atoms with Crippen LogP contribution in [-0.4, -0.2) is 47.0 Å². The third-order valence-electron chi connectivity index (χ3n) is 6.55. The fourth-order valence-corrected chi connectivity index (χ4v) is 4.23. The minimum atomic E-state index is -1.06. The Morgan fingerprint density at radius 1 is 1.00 bits per heavy atom. The molecular weight excluding hydrogens is 544 g/mol. The molecular formula is C31H37F2N5O4. The summed E-state index contributed by atoms with van der Waals surface area (Å²) in [6.45, 7) is 6.53. The van der Waals surface area contributed by atoms with Crippen molar-refractivity contribution in [2.45, 2.75) is 52.9 Å². The summed E-state index contributed by atoms with van der Waals surface area (Å²) in [5.41, 5.74) is 3.16. The standard InChI is InChI=1S/C27H29F2N5O2.C4H8O2/c1-4-6-7-12-31-27(35)19-9-8-18(15-17(19)5-2)33-25-26-32-16-21(34(26)14-13-30-25)20-10-11-22(36-3)24(29)23(20)28;1-3-4(5)6-2/h8-11,13-16H,4-7,12H2,1-3H3,(H,30,33)(H,31,35);3H2,1-2H3. The van der Waals surface area contributed by atoms with Crippen molar-refractivity contribution in [1.82, 2.24) is 19.7 Å². The molecule has 4 rings (SSSR count). The monoisotopic (exact) mass is 581 g/mol. The van der Waals surface area contributed by atoms with E-state index in [1.165, 1.54) is 32.5 Å². The van der Waals surface area contributed by atoms with E-state index in [1.54, 1.807) is 29.8 Å². The predicted octanol–water partition coefficient (Wildman–Crippen LogP) is 6.48. The zero-order chi connectivity index (χ0) is 30.6. The molecule has 2 N–H and O–H groups in total. The Bertz CT molecular complexity index is 1520. The van der Waals surface area contributed by atoms with Gasteiger partial charge in [0.05, 0.1) is 26.1 Å². The van der Waals surface area contributed by atoms with E-state index >= 15 is 0 Å². The van der Waals surface area contributed by atoms with Crippen LogP contribution in [-0.2, 0) is 16.0 Å². The molecule has 4 aromatic rings. The molecule has 2 aromatic heterocycles. The van der Waals surface area contributed by atoms with Gasteiger partial charge in [-0.2, -0.15) is 4.39 Å². The number of unbranched alkanes of at least 4 members (excludes halogenated alkanes) is 2. The number of imidazole rings is 1. The molecule has 0 aliphatic heterocycles. The van der Waals surface area contributed by atoms with Crippen LogP contribution in [0, 0.1) is 11.6 Å². The van der Waals surface area contributed by atoms with Crippen molar-refractivity contribution in [2.75, 3.05) is 26.1 Å². The lowest BCUT2D eigenvalue weighted by Gasteiger charge is -2.13. The van der Waals surface area contributed by atoms with Gasteiger partial charge in [0.1, 0.15) is 0 Å². The van der Waals surface area contributed by atoms with Gasteiger partial charge in [-0.05, 0) is 48.7 Å². The van der Waals surface area contributed by atoms with Crippen molar-refractivity contribution in [1.29, 1.82) is 0 Å². The van der Waals surface area contributed by atoms with Gasteiger partial charge in [-0.3, -0.25) is 14.0 Å². The summed E-state index contributed by atoms with van der Waals surface area (Å²) in [7, 11) is 2.66. The molecule has 0 atom stereocenters. The van der Waals surface area contributed by atoms with Gasteiger partial charge >= 0.3 is 5.97 Å². The average molecular weight is 582 g/mol. The molecule has 0 bridgehead atoms. The topological polar surface area (TPSA) is 107 Å². The van der Waals surface area contributed by atoms with Crippen LogP contribution in [0.1, 0.15) is 62.4 Å². The second-order valence-electron chi connectivity index (χ2n) is 9.30. The van der Waals surface area contributed by atoms with Gasteiger partial charge in [0.2, 0.25) is 5.82 Å². The molecule has 11 heteroatoms. The number of ether oxygens (including phenoxy) is 2. The van der Waals surface area contributed by atoms with Crippen LogP contribution in [0.2, 0.25) is 0 Å². The number of nitrogens with zero attached hydrogens (tertiary/aromatic N) is 3. The second kappa shape index (κ2) is 15.5. The number of hydrogen-bond acceptors (Lipinski definition) is 7. The molecule has 0 aliphatic rings. The number of benzene rings is 2. The van der Waals surface area contributed by atoms with Crippen molar-refractivity contribution >= 4 is 29.0 Å². The number of rotatable bonds is 11. The molecule has 0 radical (unpaired) electrons. The quantitative estimate of drug-likeness (QED) is 0.154. The molecule has 42 heavy (non-hydrogen) atoms. The number of carbonyl (C=O) groups excluding carboxylic acids is 2. The van der Waals surface area contributed by atoms with E-state index < -0.39 is 11.6 Å². The Balaban J connectivity index is 0.000000730. The Hall–Kier alpha value is -4.54. The number of amides is 1. The highest BCUT2D eigenvalue weighted by Crippen LogP contribution is 2.31. The number of methoxy groups -OCH3 is 2. The van der Waals surface area contributed by atoms with E-state index in [2.05, 4.69) is 32.3 Å². The molecule has 0 saturated heterocycles. The molecule has 9 nitrogen and oxygen atoms in total. The summed E-state index contributed by atoms with van der Waals surface area (Å²) in [5, 5.41) is 6.23. The molecule has 2 heterocycles. The van der Waals surface area contributed by atoms with Gasteiger partial charge in [-0.1, -0.05) is 33.6 Å². The van der Waals surface area contributed by atoms with E-state index in [0.29, 0.717) is 42.1 Å². The number of anilines is 2. The van der Waals surface area contributed by atoms with Crippen molar-refractivity contribution in [3.05, 3.63) is 71.7 Å². The first-order valence-electron chi connectivity index (χ1n) is 13.9. The number of carbonyl (C=O) groups is 2. The third-order valence-corrected chi connectivity index (χ3v) is 6.55. The highest BCUT2D eigenvalue weighted by molar-refractivity contribution is 5.96. The normalized spacial score (nSPS) is 10.5. The van der Waals surface area contributed by atoms with E-state index in [1.807, 2.05) is 19.1 Å². The van der Waals surface area contributed by atoms with Crippen LogP contribution in [0.4, 0.5) is 20.3 Å². The number of nitrogens with one attached hydrogen (secondary N) is 2. The summed E-state index contributed by atoms with van der Waals surface area (Å²) in [5.74, 6) is -2.04. The number of esters is 1. The van der Waals surface area contributed by atoms with Gasteiger partial charge in [0, 0.05) is 42.2 Å². The number of aromatic nitrogens is 3. The van der Waals surface area contributed by atoms with Crippen LogP contribution < -0.4 is 15.4 Å². The minimum Gasteiger partial charge on any atom is -0.494 e. The average Bonchev–Trinajstić information content (AvgIpc) is 3.45. The summed E-state index contributed by atoms with van der Waals surface area (Å²) >= 11 is 0. The number of hydrogen-bond donors (Lipinski definition) is 2. The van der Waals surface area contributed by atoms with E-state index in [9.17, 15) is 18.4 Å². The highest BCUT2D eigenvalue weighted by Gasteiger charge is 2.19. The molecule has 2 aromatic carbocycles. The third kappa shape index (κ3) is 7.59. The fourth-order valence-electron chi connectivity index (χ4n) is 4.23. The van der Waals surface area contributed by atoms with Crippen molar-refractivity contribution in [3.63, 3.8) is 0 Å². The van der Waals surface area contributed by atoms with Crippen LogP contribution in [0.5, 0.6) is 5.75 Å². The summed E-state index contributed by atoms with van der Waals surface area (Å²) in [4.78, 5) is 31.4. The lowest BCUT2D eigenvalue weighted by atomic mass is 10.0. The maximum atomic E-state index is 14.7. The van der Waals surface area contributed by atoms with Gasteiger partial charge < -0.3 is 20.1 Å². The van der Waals surface area contributed by atoms with Crippen LogP contribution in [0.15, 0.2) is 48.9 Å². The maximum Gasteiger partial charge on any atom is 0.305 e.